The summed E-state index contributed by atoms with van der Waals surface area (Å²) in [6.07, 6.45) is 0. The summed E-state index contributed by atoms with van der Waals surface area (Å²) in [7, 11) is 0. The summed E-state index contributed by atoms with van der Waals surface area (Å²) in [5, 5.41) is 9.95. The molecule has 0 saturated heterocycles. The number of aromatic nitrogens is 3. The van der Waals surface area contributed by atoms with Crippen molar-refractivity contribution in [1.29, 1.82) is 0 Å². The van der Waals surface area contributed by atoms with Crippen molar-refractivity contribution in [3.63, 3.8) is 0 Å². The third kappa shape index (κ3) is 5.68. The minimum Gasteiger partial charge on any atom is -0.399 e. The fraction of sp³-hybridized carbons (Fsp3) is 0.0357. The second kappa shape index (κ2) is 10.4. The van der Waals surface area contributed by atoms with Gasteiger partial charge in [-0.15, -0.1) is 0 Å². The lowest BCUT2D eigenvalue weighted by molar-refractivity contribution is 0.901. The lowest BCUT2D eigenvalue weighted by atomic mass is 9.99. The van der Waals surface area contributed by atoms with E-state index in [1.165, 1.54) is 0 Å². The Kier molecular flexibility index (Phi) is 6.57. The molecular formula is C28H26N8. The average molecular weight is 475 g/mol. The van der Waals surface area contributed by atoms with Crippen LogP contribution in [0.15, 0.2) is 109 Å². The van der Waals surface area contributed by atoms with Gasteiger partial charge in [0, 0.05) is 22.7 Å². The van der Waals surface area contributed by atoms with Gasteiger partial charge in [-0.3, -0.25) is 0 Å². The number of anilines is 7. The first-order valence-corrected chi connectivity index (χ1v) is 11.5. The number of nitrogens with zero attached hydrogens (tertiary/aromatic N) is 3. The maximum absolute atomic E-state index is 5.95. The van der Waals surface area contributed by atoms with Crippen molar-refractivity contribution in [2.45, 2.75) is 6.04 Å². The molecule has 0 saturated carbocycles. The van der Waals surface area contributed by atoms with Gasteiger partial charge in [0.15, 0.2) is 0 Å². The van der Waals surface area contributed by atoms with Crippen molar-refractivity contribution < 1.29 is 0 Å². The summed E-state index contributed by atoms with van der Waals surface area (Å²) in [4.78, 5) is 13.9. The zero-order valence-electron chi connectivity index (χ0n) is 19.5. The number of hydrogen-bond acceptors (Lipinski definition) is 8. The summed E-state index contributed by atoms with van der Waals surface area (Å²) >= 11 is 0. The van der Waals surface area contributed by atoms with Crippen molar-refractivity contribution >= 4 is 40.6 Å². The van der Waals surface area contributed by atoms with E-state index in [-0.39, 0.29) is 6.04 Å². The molecule has 1 heterocycles. The number of benzene rings is 4. The van der Waals surface area contributed by atoms with E-state index >= 15 is 0 Å². The number of nitrogens with one attached hydrogen (secondary N) is 3. The van der Waals surface area contributed by atoms with Gasteiger partial charge in [-0.1, -0.05) is 72.8 Å². The molecule has 8 heteroatoms. The summed E-state index contributed by atoms with van der Waals surface area (Å²) in [6, 6.07) is 35.0. The Morgan fingerprint density at radius 2 is 0.944 bits per heavy atom. The van der Waals surface area contributed by atoms with Crippen LogP contribution in [0, 0.1) is 0 Å². The molecule has 0 unspecified atom stereocenters. The minimum atomic E-state index is -0.171. The monoisotopic (exact) mass is 474 g/mol. The molecule has 0 aliphatic heterocycles. The van der Waals surface area contributed by atoms with Crippen LogP contribution < -0.4 is 27.4 Å². The van der Waals surface area contributed by atoms with Crippen LogP contribution in [0.25, 0.3) is 0 Å². The van der Waals surface area contributed by atoms with Crippen molar-refractivity contribution in [1.82, 2.24) is 15.0 Å². The first-order chi connectivity index (χ1) is 17.6. The minimum absolute atomic E-state index is 0.171. The van der Waals surface area contributed by atoms with Crippen molar-refractivity contribution in [3.05, 3.63) is 120 Å². The number of nitrogens with two attached hydrogens (primary N) is 2. The van der Waals surface area contributed by atoms with E-state index in [4.69, 9.17) is 11.5 Å². The molecule has 0 aliphatic rings. The normalized spacial score (nSPS) is 10.7. The Balaban J connectivity index is 1.52. The largest absolute Gasteiger partial charge is 0.399 e. The van der Waals surface area contributed by atoms with Gasteiger partial charge in [0.05, 0.1) is 6.04 Å². The summed E-state index contributed by atoms with van der Waals surface area (Å²) in [5.74, 6) is 1.13. The SMILES string of the molecule is Nc1cccc(Nc2nc(Nc3cccc(N)c3)nc(NC(c3ccccc3)c3ccccc3)n2)c1. The van der Waals surface area contributed by atoms with Gasteiger partial charge < -0.3 is 27.4 Å². The number of nitrogen functional groups attached to an aromatic ring is 2. The smallest absolute Gasteiger partial charge is 0.233 e. The molecule has 36 heavy (non-hydrogen) atoms. The Hall–Kier alpha value is -5.11. The number of rotatable bonds is 8. The molecule has 0 bridgehead atoms. The van der Waals surface area contributed by atoms with Gasteiger partial charge in [-0.2, -0.15) is 15.0 Å². The third-order valence-electron chi connectivity index (χ3n) is 5.46. The first-order valence-electron chi connectivity index (χ1n) is 11.5. The highest BCUT2D eigenvalue weighted by molar-refractivity contribution is 5.64. The molecule has 0 radical (unpaired) electrons. The van der Waals surface area contributed by atoms with Crippen LogP contribution in [-0.4, -0.2) is 15.0 Å². The van der Waals surface area contributed by atoms with Crippen LogP contribution in [-0.2, 0) is 0 Å². The first kappa shape index (κ1) is 22.7. The highest BCUT2D eigenvalue weighted by Gasteiger charge is 2.17. The molecule has 7 N–H and O–H groups in total. The van der Waals surface area contributed by atoms with Crippen molar-refractivity contribution in [3.8, 4) is 0 Å². The van der Waals surface area contributed by atoms with E-state index in [1.807, 2.05) is 84.9 Å². The standard InChI is InChI=1S/C28H26N8/c29-21-13-7-15-23(17-21)31-26-34-27(32-24-16-8-14-22(30)18-24)36-28(35-26)33-25(19-9-3-1-4-10-19)20-11-5-2-6-12-20/h1-18,25H,29-30H2,(H3,31,32,33,34,35,36). The molecule has 0 fully saturated rings. The van der Waals surface area contributed by atoms with E-state index in [1.54, 1.807) is 0 Å². The van der Waals surface area contributed by atoms with Crippen LogP contribution in [0.3, 0.4) is 0 Å². The Morgan fingerprint density at radius 1 is 0.500 bits per heavy atom. The summed E-state index contributed by atoms with van der Waals surface area (Å²) in [5.41, 5.74) is 16.9. The topological polar surface area (TPSA) is 127 Å². The Labute approximate surface area is 209 Å². The van der Waals surface area contributed by atoms with Gasteiger partial charge in [0.2, 0.25) is 17.8 Å². The predicted molar refractivity (Wildman–Crippen MR) is 146 cm³/mol. The summed E-state index contributed by atoms with van der Waals surface area (Å²) < 4.78 is 0. The van der Waals surface area contributed by atoms with E-state index < -0.39 is 0 Å². The molecule has 5 rings (SSSR count). The molecule has 8 nitrogen and oxygen atoms in total. The van der Waals surface area contributed by atoms with E-state index in [2.05, 4.69) is 55.2 Å². The lowest BCUT2D eigenvalue weighted by Gasteiger charge is -2.20. The predicted octanol–water partition coefficient (Wildman–Crippen LogP) is 5.72. The van der Waals surface area contributed by atoms with Gasteiger partial charge in [-0.05, 0) is 47.5 Å². The second-order valence-corrected chi connectivity index (χ2v) is 8.21. The van der Waals surface area contributed by atoms with Crippen molar-refractivity contribution in [2.75, 3.05) is 27.4 Å². The average Bonchev–Trinajstić information content (AvgIpc) is 2.88. The maximum atomic E-state index is 5.95. The van der Waals surface area contributed by atoms with Crippen LogP contribution in [0.5, 0.6) is 0 Å². The highest BCUT2D eigenvalue weighted by Crippen LogP contribution is 2.27. The molecule has 5 aromatic rings. The molecular weight excluding hydrogens is 448 g/mol. The highest BCUT2D eigenvalue weighted by atomic mass is 15.3. The molecule has 178 valence electrons. The zero-order valence-corrected chi connectivity index (χ0v) is 19.5. The molecule has 1 aromatic heterocycles. The zero-order chi connectivity index (χ0) is 24.7. The molecule has 4 aromatic carbocycles. The van der Waals surface area contributed by atoms with E-state index in [0.717, 1.165) is 22.5 Å². The molecule has 0 atom stereocenters. The van der Waals surface area contributed by atoms with E-state index in [0.29, 0.717) is 29.2 Å². The van der Waals surface area contributed by atoms with Gasteiger partial charge in [0.1, 0.15) is 0 Å². The third-order valence-corrected chi connectivity index (χ3v) is 5.46. The van der Waals surface area contributed by atoms with Crippen LogP contribution in [0.1, 0.15) is 17.2 Å². The van der Waals surface area contributed by atoms with Gasteiger partial charge in [-0.25, -0.2) is 0 Å². The second-order valence-electron chi connectivity index (χ2n) is 8.21. The van der Waals surface area contributed by atoms with Crippen LogP contribution in [0.4, 0.5) is 40.6 Å². The molecule has 0 aliphatic carbocycles. The van der Waals surface area contributed by atoms with E-state index in [9.17, 15) is 0 Å². The number of hydrogen-bond donors (Lipinski definition) is 5. The van der Waals surface area contributed by atoms with Crippen LogP contribution >= 0.6 is 0 Å². The molecule has 0 spiro atoms. The van der Waals surface area contributed by atoms with Gasteiger partial charge in [0.25, 0.3) is 0 Å². The fourth-order valence-electron chi connectivity index (χ4n) is 3.82. The Morgan fingerprint density at radius 3 is 1.39 bits per heavy atom. The molecule has 0 amide bonds. The summed E-state index contributed by atoms with van der Waals surface area (Å²) in [6.45, 7) is 0. The van der Waals surface area contributed by atoms with Crippen LogP contribution in [0.2, 0.25) is 0 Å². The van der Waals surface area contributed by atoms with Gasteiger partial charge >= 0.3 is 0 Å². The quantitative estimate of drug-likeness (QED) is 0.181. The Bertz CT molecular complexity index is 1340. The maximum Gasteiger partial charge on any atom is 0.233 e. The fourth-order valence-corrected chi connectivity index (χ4v) is 3.82. The lowest BCUT2D eigenvalue weighted by Crippen LogP contribution is -2.16. The van der Waals surface area contributed by atoms with Crippen molar-refractivity contribution in [2.24, 2.45) is 0 Å².